The molecule has 0 fully saturated rings. The van der Waals surface area contributed by atoms with Crippen LogP contribution in [0, 0.1) is 0 Å². The Labute approximate surface area is 91.6 Å². The SMILES string of the molecule is COc1cc(O)c(S(=O)(=O)Cl)c(OC)c1. The molecule has 0 heterocycles. The summed E-state index contributed by atoms with van der Waals surface area (Å²) in [6, 6.07) is 2.45. The van der Waals surface area contributed by atoms with Gasteiger partial charge in [-0.1, -0.05) is 0 Å². The summed E-state index contributed by atoms with van der Waals surface area (Å²) in [5, 5.41) is 9.45. The van der Waals surface area contributed by atoms with E-state index < -0.39 is 19.7 Å². The lowest BCUT2D eigenvalue weighted by Gasteiger charge is -2.09. The molecule has 0 unspecified atom stereocenters. The summed E-state index contributed by atoms with van der Waals surface area (Å²) < 4.78 is 31.9. The van der Waals surface area contributed by atoms with Crippen LogP contribution in [0.1, 0.15) is 0 Å². The van der Waals surface area contributed by atoms with Crippen molar-refractivity contribution in [3.63, 3.8) is 0 Å². The maximum atomic E-state index is 11.1. The van der Waals surface area contributed by atoms with Crippen LogP contribution in [0.3, 0.4) is 0 Å². The quantitative estimate of drug-likeness (QED) is 0.822. The highest BCUT2D eigenvalue weighted by atomic mass is 35.7. The maximum absolute atomic E-state index is 11.1. The second-order valence-corrected chi connectivity index (χ2v) is 5.12. The molecule has 0 radical (unpaired) electrons. The zero-order valence-electron chi connectivity index (χ0n) is 8.02. The van der Waals surface area contributed by atoms with Gasteiger partial charge in [0.25, 0.3) is 9.05 Å². The molecule has 84 valence electrons. The number of benzene rings is 1. The smallest absolute Gasteiger partial charge is 0.268 e. The lowest BCUT2D eigenvalue weighted by atomic mass is 10.3. The number of hydrogen-bond acceptors (Lipinski definition) is 5. The van der Waals surface area contributed by atoms with Crippen molar-refractivity contribution in [3.05, 3.63) is 12.1 Å². The maximum Gasteiger partial charge on any atom is 0.268 e. The first-order chi connectivity index (χ1) is 6.90. The normalized spacial score (nSPS) is 11.1. The standard InChI is InChI=1S/C8H9ClO5S/c1-13-5-3-6(10)8(15(9,11)12)7(4-5)14-2/h3-4,10H,1-2H3. The summed E-state index contributed by atoms with van der Waals surface area (Å²) in [7, 11) is 3.72. The van der Waals surface area contributed by atoms with E-state index in [4.69, 9.17) is 20.2 Å². The number of phenolic OH excluding ortho intramolecular Hbond substituents is 1. The van der Waals surface area contributed by atoms with Gasteiger partial charge >= 0.3 is 0 Å². The van der Waals surface area contributed by atoms with E-state index in [0.29, 0.717) is 0 Å². The molecule has 15 heavy (non-hydrogen) atoms. The number of ether oxygens (including phenoxy) is 2. The minimum atomic E-state index is -4.06. The molecule has 1 aromatic carbocycles. The number of halogens is 1. The Bertz CT molecular complexity index is 468. The fraction of sp³-hybridized carbons (Fsp3) is 0.250. The van der Waals surface area contributed by atoms with Gasteiger partial charge in [-0.2, -0.15) is 0 Å². The number of rotatable bonds is 3. The van der Waals surface area contributed by atoms with E-state index >= 15 is 0 Å². The molecule has 0 bridgehead atoms. The van der Waals surface area contributed by atoms with Crippen LogP contribution in [0.2, 0.25) is 0 Å². The minimum Gasteiger partial charge on any atom is -0.506 e. The van der Waals surface area contributed by atoms with E-state index in [-0.39, 0.29) is 11.5 Å². The molecule has 0 aliphatic rings. The molecule has 0 aromatic heterocycles. The van der Waals surface area contributed by atoms with Crippen molar-refractivity contribution in [2.75, 3.05) is 14.2 Å². The summed E-state index contributed by atoms with van der Waals surface area (Å²) in [6.07, 6.45) is 0. The molecule has 7 heteroatoms. The number of aromatic hydroxyl groups is 1. The van der Waals surface area contributed by atoms with E-state index in [1.165, 1.54) is 20.3 Å². The van der Waals surface area contributed by atoms with Gasteiger partial charge in [-0.3, -0.25) is 0 Å². The number of methoxy groups -OCH3 is 2. The Morgan fingerprint density at radius 3 is 2.27 bits per heavy atom. The van der Waals surface area contributed by atoms with E-state index in [2.05, 4.69) is 0 Å². The van der Waals surface area contributed by atoms with Gasteiger partial charge in [-0.05, 0) is 0 Å². The second kappa shape index (κ2) is 4.16. The van der Waals surface area contributed by atoms with Crippen molar-refractivity contribution in [2.24, 2.45) is 0 Å². The predicted octanol–water partition coefficient (Wildman–Crippen LogP) is 1.34. The molecule has 1 N–H and O–H groups in total. The van der Waals surface area contributed by atoms with Crippen molar-refractivity contribution < 1.29 is 23.0 Å². The summed E-state index contributed by atoms with van der Waals surface area (Å²) in [5.74, 6) is -0.309. The highest BCUT2D eigenvalue weighted by Crippen LogP contribution is 2.38. The summed E-state index contributed by atoms with van der Waals surface area (Å²) in [5.41, 5.74) is 0. The van der Waals surface area contributed by atoms with Gasteiger partial charge in [0.2, 0.25) is 0 Å². The van der Waals surface area contributed by atoms with Gasteiger partial charge in [0.15, 0.2) is 4.90 Å². The van der Waals surface area contributed by atoms with Crippen LogP contribution in [-0.4, -0.2) is 27.7 Å². The topological polar surface area (TPSA) is 72.8 Å². The number of phenols is 1. The summed E-state index contributed by atoms with van der Waals surface area (Å²) in [6.45, 7) is 0. The third-order valence-corrected chi connectivity index (χ3v) is 3.07. The Kier molecular flexibility index (Phi) is 3.31. The Morgan fingerprint density at radius 1 is 1.27 bits per heavy atom. The monoisotopic (exact) mass is 252 g/mol. The zero-order chi connectivity index (χ0) is 11.6. The predicted molar refractivity (Wildman–Crippen MR) is 54.2 cm³/mol. The molecule has 0 atom stereocenters. The molecule has 0 aliphatic carbocycles. The van der Waals surface area contributed by atoms with Crippen LogP contribution in [0.25, 0.3) is 0 Å². The van der Waals surface area contributed by atoms with Gasteiger partial charge in [0.1, 0.15) is 17.2 Å². The van der Waals surface area contributed by atoms with Crippen LogP contribution in [0.15, 0.2) is 17.0 Å². The first-order valence-corrected chi connectivity index (χ1v) is 6.10. The average molecular weight is 253 g/mol. The summed E-state index contributed by atoms with van der Waals surface area (Å²) >= 11 is 0. The largest absolute Gasteiger partial charge is 0.506 e. The Hall–Kier alpha value is -1.14. The van der Waals surface area contributed by atoms with Gasteiger partial charge in [0.05, 0.1) is 14.2 Å². The highest BCUT2D eigenvalue weighted by Gasteiger charge is 2.22. The van der Waals surface area contributed by atoms with Crippen molar-refractivity contribution >= 4 is 19.7 Å². The van der Waals surface area contributed by atoms with Crippen LogP contribution in [0.5, 0.6) is 17.2 Å². The molecule has 0 saturated heterocycles. The second-order valence-electron chi connectivity index (χ2n) is 2.62. The van der Waals surface area contributed by atoms with Crippen molar-refractivity contribution in [3.8, 4) is 17.2 Å². The highest BCUT2D eigenvalue weighted by molar-refractivity contribution is 8.13. The minimum absolute atomic E-state index is 0.0677. The third kappa shape index (κ3) is 2.45. The molecule has 1 aromatic rings. The number of hydrogen-bond donors (Lipinski definition) is 1. The average Bonchev–Trinajstić information content (AvgIpc) is 2.14. The zero-order valence-corrected chi connectivity index (χ0v) is 9.59. The fourth-order valence-corrected chi connectivity index (χ4v) is 2.23. The van der Waals surface area contributed by atoms with E-state index in [0.717, 1.165) is 6.07 Å². The van der Waals surface area contributed by atoms with Crippen LogP contribution in [0.4, 0.5) is 0 Å². The first-order valence-electron chi connectivity index (χ1n) is 3.79. The molecular weight excluding hydrogens is 244 g/mol. The van der Waals surface area contributed by atoms with Crippen LogP contribution in [-0.2, 0) is 9.05 Å². The molecule has 0 spiro atoms. The third-order valence-electron chi connectivity index (χ3n) is 1.71. The fourth-order valence-electron chi connectivity index (χ4n) is 1.08. The Morgan fingerprint density at radius 2 is 1.87 bits per heavy atom. The molecule has 0 amide bonds. The molecular formula is C8H9ClO5S. The molecule has 1 rings (SSSR count). The van der Waals surface area contributed by atoms with Crippen molar-refractivity contribution in [1.82, 2.24) is 0 Å². The molecule has 0 aliphatic heterocycles. The van der Waals surface area contributed by atoms with Crippen LogP contribution >= 0.6 is 10.7 Å². The van der Waals surface area contributed by atoms with Crippen molar-refractivity contribution in [2.45, 2.75) is 4.90 Å². The molecule has 5 nitrogen and oxygen atoms in total. The van der Waals surface area contributed by atoms with Crippen LogP contribution < -0.4 is 9.47 Å². The van der Waals surface area contributed by atoms with Gasteiger partial charge in [-0.15, -0.1) is 0 Å². The van der Waals surface area contributed by atoms with Gasteiger partial charge in [-0.25, -0.2) is 8.42 Å². The molecule has 0 saturated carbocycles. The van der Waals surface area contributed by atoms with Gasteiger partial charge in [0, 0.05) is 22.8 Å². The van der Waals surface area contributed by atoms with Gasteiger partial charge < -0.3 is 14.6 Å². The lowest BCUT2D eigenvalue weighted by Crippen LogP contribution is -1.97. The van der Waals surface area contributed by atoms with Crippen molar-refractivity contribution in [1.29, 1.82) is 0 Å². The first kappa shape index (κ1) is 11.9. The van der Waals surface area contributed by atoms with E-state index in [9.17, 15) is 13.5 Å². The van der Waals surface area contributed by atoms with E-state index in [1.54, 1.807) is 0 Å². The van der Waals surface area contributed by atoms with E-state index in [1.807, 2.05) is 0 Å². The lowest BCUT2D eigenvalue weighted by molar-refractivity contribution is 0.371. The summed E-state index contributed by atoms with van der Waals surface area (Å²) in [4.78, 5) is -0.465. The Balaban J connectivity index is 3.52.